The van der Waals surface area contributed by atoms with Gasteiger partial charge in [-0.1, -0.05) is 37.0 Å². The van der Waals surface area contributed by atoms with Crippen LogP contribution in [0.5, 0.6) is 0 Å². The molecule has 4 heteroatoms. The molecular formula is C15H21Cl2NO. The molecule has 2 rings (SSSR count). The summed E-state index contributed by atoms with van der Waals surface area (Å²) in [4.78, 5) is 0. The SMILES string of the molecule is CC1(C)CCC(NCC(O)c2cc(Cl)ccc2Cl)C1. The van der Waals surface area contributed by atoms with E-state index in [2.05, 4.69) is 19.2 Å². The van der Waals surface area contributed by atoms with E-state index < -0.39 is 6.10 Å². The highest BCUT2D eigenvalue weighted by molar-refractivity contribution is 6.33. The van der Waals surface area contributed by atoms with Crippen molar-refractivity contribution in [3.8, 4) is 0 Å². The Kier molecular flexibility index (Phi) is 4.78. The molecule has 1 saturated carbocycles. The van der Waals surface area contributed by atoms with Crippen LogP contribution < -0.4 is 5.32 Å². The van der Waals surface area contributed by atoms with Crippen molar-refractivity contribution in [2.45, 2.75) is 45.3 Å². The molecule has 2 unspecified atom stereocenters. The first-order valence-corrected chi connectivity index (χ1v) is 7.49. The van der Waals surface area contributed by atoms with Crippen molar-refractivity contribution in [1.29, 1.82) is 0 Å². The Labute approximate surface area is 125 Å². The highest BCUT2D eigenvalue weighted by Gasteiger charge is 2.30. The largest absolute Gasteiger partial charge is 0.387 e. The number of hydrogen-bond donors (Lipinski definition) is 2. The molecule has 0 bridgehead atoms. The van der Waals surface area contributed by atoms with Crippen LogP contribution in [-0.4, -0.2) is 17.7 Å². The normalized spacial score (nSPS) is 23.5. The molecule has 106 valence electrons. The van der Waals surface area contributed by atoms with Gasteiger partial charge in [-0.2, -0.15) is 0 Å². The molecule has 0 aliphatic heterocycles. The topological polar surface area (TPSA) is 32.3 Å². The van der Waals surface area contributed by atoms with Gasteiger partial charge in [0.05, 0.1) is 6.10 Å². The first-order valence-electron chi connectivity index (χ1n) is 6.74. The van der Waals surface area contributed by atoms with Crippen molar-refractivity contribution in [1.82, 2.24) is 5.32 Å². The van der Waals surface area contributed by atoms with Gasteiger partial charge in [-0.05, 0) is 42.9 Å². The van der Waals surface area contributed by atoms with Gasteiger partial charge in [-0.3, -0.25) is 0 Å². The minimum absolute atomic E-state index is 0.413. The molecule has 2 nitrogen and oxygen atoms in total. The Morgan fingerprint density at radius 3 is 2.79 bits per heavy atom. The van der Waals surface area contributed by atoms with Gasteiger partial charge in [0.1, 0.15) is 0 Å². The lowest BCUT2D eigenvalue weighted by Crippen LogP contribution is -2.31. The number of rotatable bonds is 4. The Morgan fingerprint density at radius 2 is 2.16 bits per heavy atom. The third-order valence-electron chi connectivity index (χ3n) is 3.89. The van der Waals surface area contributed by atoms with Crippen molar-refractivity contribution < 1.29 is 5.11 Å². The van der Waals surface area contributed by atoms with Crippen molar-refractivity contribution in [3.05, 3.63) is 33.8 Å². The van der Waals surface area contributed by atoms with Gasteiger partial charge < -0.3 is 10.4 Å². The summed E-state index contributed by atoms with van der Waals surface area (Å²) in [7, 11) is 0. The molecule has 0 saturated heterocycles. The number of aliphatic hydroxyl groups is 1. The van der Waals surface area contributed by atoms with Crippen LogP contribution in [0.15, 0.2) is 18.2 Å². The molecule has 0 amide bonds. The average molecular weight is 302 g/mol. The fraction of sp³-hybridized carbons (Fsp3) is 0.600. The Hall–Kier alpha value is -0.280. The van der Waals surface area contributed by atoms with Crippen molar-refractivity contribution in [2.75, 3.05) is 6.54 Å². The summed E-state index contributed by atoms with van der Waals surface area (Å²) in [6, 6.07) is 5.67. The smallest absolute Gasteiger partial charge is 0.0929 e. The number of aliphatic hydroxyl groups excluding tert-OH is 1. The van der Waals surface area contributed by atoms with E-state index in [4.69, 9.17) is 23.2 Å². The number of halogens is 2. The summed E-state index contributed by atoms with van der Waals surface area (Å²) < 4.78 is 0. The van der Waals surface area contributed by atoms with Crippen molar-refractivity contribution in [3.63, 3.8) is 0 Å². The molecule has 19 heavy (non-hydrogen) atoms. The minimum Gasteiger partial charge on any atom is -0.387 e. The van der Waals surface area contributed by atoms with E-state index in [0.717, 1.165) is 6.42 Å². The zero-order valence-electron chi connectivity index (χ0n) is 11.4. The number of benzene rings is 1. The second kappa shape index (κ2) is 6.01. The number of nitrogens with one attached hydrogen (secondary N) is 1. The quantitative estimate of drug-likeness (QED) is 0.874. The van der Waals surface area contributed by atoms with Crippen LogP contribution in [0.25, 0.3) is 0 Å². The van der Waals surface area contributed by atoms with Crippen LogP contribution in [0.3, 0.4) is 0 Å². The minimum atomic E-state index is -0.616. The maximum Gasteiger partial charge on any atom is 0.0929 e. The fourth-order valence-electron chi connectivity index (χ4n) is 2.77. The molecule has 1 aliphatic carbocycles. The standard InChI is InChI=1S/C15H21Cl2NO/c1-15(2)6-5-11(8-15)18-9-14(19)12-7-10(16)3-4-13(12)17/h3-4,7,11,14,18-19H,5-6,8-9H2,1-2H3. The van der Waals surface area contributed by atoms with Gasteiger partial charge in [0.2, 0.25) is 0 Å². The average Bonchev–Trinajstić information content (AvgIpc) is 2.69. The Balaban J connectivity index is 1.91. The van der Waals surface area contributed by atoms with E-state index in [-0.39, 0.29) is 0 Å². The summed E-state index contributed by atoms with van der Waals surface area (Å²) in [6.07, 6.45) is 2.94. The molecule has 0 heterocycles. The third-order valence-corrected chi connectivity index (χ3v) is 4.46. The van der Waals surface area contributed by atoms with E-state index >= 15 is 0 Å². The molecule has 1 aliphatic rings. The lowest BCUT2D eigenvalue weighted by molar-refractivity contribution is 0.169. The Morgan fingerprint density at radius 1 is 1.42 bits per heavy atom. The number of hydrogen-bond acceptors (Lipinski definition) is 2. The van der Waals surface area contributed by atoms with Gasteiger partial charge in [0.25, 0.3) is 0 Å². The maximum absolute atomic E-state index is 10.2. The van der Waals surface area contributed by atoms with Gasteiger partial charge >= 0.3 is 0 Å². The predicted molar refractivity (Wildman–Crippen MR) is 80.8 cm³/mol. The summed E-state index contributed by atoms with van der Waals surface area (Å²) in [6.45, 7) is 5.10. The van der Waals surface area contributed by atoms with Crippen molar-refractivity contribution >= 4 is 23.2 Å². The van der Waals surface area contributed by atoms with E-state index in [0.29, 0.717) is 33.6 Å². The van der Waals surface area contributed by atoms with Crippen LogP contribution >= 0.6 is 23.2 Å². The van der Waals surface area contributed by atoms with Gasteiger partial charge in [-0.15, -0.1) is 0 Å². The van der Waals surface area contributed by atoms with Crippen LogP contribution in [0.4, 0.5) is 0 Å². The monoisotopic (exact) mass is 301 g/mol. The lowest BCUT2D eigenvalue weighted by Gasteiger charge is -2.20. The van der Waals surface area contributed by atoms with Crippen LogP contribution in [0.2, 0.25) is 10.0 Å². The zero-order chi connectivity index (χ0) is 14.0. The van der Waals surface area contributed by atoms with Crippen LogP contribution in [-0.2, 0) is 0 Å². The van der Waals surface area contributed by atoms with Crippen LogP contribution in [0.1, 0.15) is 44.8 Å². The molecule has 0 aromatic heterocycles. The molecular weight excluding hydrogens is 281 g/mol. The summed E-state index contributed by atoms with van der Waals surface area (Å²) in [5.74, 6) is 0. The highest BCUT2D eigenvalue weighted by Crippen LogP contribution is 2.37. The van der Waals surface area contributed by atoms with E-state index in [1.54, 1.807) is 18.2 Å². The Bertz CT molecular complexity index is 448. The summed E-state index contributed by atoms with van der Waals surface area (Å²) in [5, 5.41) is 14.8. The second-order valence-electron chi connectivity index (χ2n) is 6.19. The van der Waals surface area contributed by atoms with Gasteiger partial charge in [-0.25, -0.2) is 0 Å². The molecule has 1 fully saturated rings. The van der Waals surface area contributed by atoms with Crippen molar-refractivity contribution in [2.24, 2.45) is 5.41 Å². The molecule has 0 spiro atoms. The highest BCUT2D eigenvalue weighted by atomic mass is 35.5. The maximum atomic E-state index is 10.2. The lowest BCUT2D eigenvalue weighted by atomic mass is 9.92. The fourth-order valence-corrected chi connectivity index (χ4v) is 3.19. The third kappa shape index (κ3) is 4.09. The molecule has 2 atom stereocenters. The molecule has 1 aromatic rings. The molecule has 1 aromatic carbocycles. The van der Waals surface area contributed by atoms with Gasteiger partial charge in [0.15, 0.2) is 0 Å². The summed E-state index contributed by atoms with van der Waals surface area (Å²) >= 11 is 12.0. The summed E-state index contributed by atoms with van der Waals surface area (Å²) in [5.41, 5.74) is 1.11. The molecule has 2 N–H and O–H groups in total. The predicted octanol–water partition coefficient (Wildman–Crippen LogP) is 4.20. The second-order valence-corrected chi connectivity index (χ2v) is 7.04. The zero-order valence-corrected chi connectivity index (χ0v) is 12.9. The van der Waals surface area contributed by atoms with Gasteiger partial charge in [0, 0.05) is 28.2 Å². The first kappa shape index (κ1) is 15.1. The first-order chi connectivity index (χ1) is 8.87. The molecule has 0 radical (unpaired) electrons. The van der Waals surface area contributed by atoms with E-state index in [1.807, 2.05) is 0 Å². The van der Waals surface area contributed by atoms with Crippen LogP contribution in [0, 0.1) is 5.41 Å². The van der Waals surface area contributed by atoms with E-state index in [1.165, 1.54) is 12.8 Å². The van der Waals surface area contributed by atoms with E-state index in [9.17, 15) is 5.11 Å².